The second-order valence-corrected chi connectivity index (χ2v) is 9.98. The summed E-state index contributed by atoms with van der Waals surface area (Å²) in [5, 5.41) is 8.21. The third-order valence-corrected chi connectivity index (χ3v) is 7.81. The number of benzene rings is 1. The maximum atomic E-state index is 13.6. The minimum atomic E-state index is 0.0307. The summed E-state index contributed by atoms with van der Waals surface area (Å²) in [5.41, 5.74) is 1.79. The molecule has 0 spiro atoms. The Morgan fingerprint density at radius 1 is 0.966 bits per heavy atom. The third kappa shape index (κ3) is 2.97. The molecule has 29 heavy (non-hydrogen) atoms. The van der Waals surface area contributed by atoms with E-state index in [1.165, 1.54) is 51.4 Å². The van der Waals surface area contributed by atoms with Gasteiger partial charge in [-0.15, -0.1) is 0 Å². The summed E-state index contributed by atoms with van der Waals surface area (Å²) < 4.78 is 1.96. The van der Waals surface area contributed by atoms with Crippen LogP contribution in [0.3, 0.4) is 0 Å². The van der Waals surface area contributed by atoms with E-state index >= 15 is 0 Å². The Kier molecular flexibility index (Phi) is 4.00. The van der Waals surface area contributed by atoms with Crippen LogP contribution in [-0.4, -0.2) is 34.3 Å². The van der Waals surface area contributed by atoms with Crippen LogP contribution >= 0.6 is 0 Å². The van der Waals surface area contributed by atoms with Gasteiger partial charge >= 0.3 is 0 Å². The second kappa shape index (κ2) is 6.61. The second-order valence-electron chi connectivity index (χ2n) is 9.98. The molecule has 0 radical (unpaired) electrons. The van der Waals surface area contributed by atoms with Crippen LogP contribution in [0.1, 0.15) is 61.7 Å². The summed E-state index contributed by atoms with van der Waals surface area (Å²) in [6.45, 7) is 1.99. The molecule has 7 rings (SSSR count). The predicted octanol–water partition coefficient (Wildman–Crippen LogP) is 4.17. The molecule has 4 saturated carbocycles. The molecular formula is C24H30N4O. The first-order chi connectivity index (χ1) is 14.2. The van der Waals surface area contributed by atoms with E-state index in [1.54, 1.807) is 6.20 Å². The summed E-state index contributed by atoms with van der Waals surface area (Å²) in [5.74, 6) is 3.52. The number of hydrogen-bond acceptors (Lipinski definition) is 3. The Morgan fingerprint density at radius 2 is 1.59 bits per heavy atom. The molecule has 5 heteroatoms. The fourth-order valence-corrected chi connectivity index (χ4v) is 7.07. The number of hydrogen-bond donors (Lipinski definition) is 1. The van der Waals surface area contributed by atoms with Gasteiger partial charge in [-0.3, -0.25) is 4.79 Å². The average molecular weight is 391 g/mol. The topological polar surface area (TPSA) is 50.2 Å². The van der Waals surface area contributed by atoms with Crippen molar-refractivity contribution in [1.29, 1.82) is 0 Å². The lowest BCUT2D eigenvalue weighted by Gasteiger charge is -2.56. The van der Waals surface area contributed by atoms with E-state index in [2.05, 4.69) is 27.4 Å². The Hall–Kier alpha value is -2.30. The van der Waals surface area contributed by atoms with Crippen LogP contribution in [0.4, 0.5) is 5.82 Å². The van der Waals surface area contributed by atoms with Crippen molar-refractivity contribution in [3.05, 3.63) is 42.1 Å². The number of nitrogens with one attached hydrogen (secondary N) is 1. The van der Waals surface area contributed by atoms with E-state index in [-0.39, 0.29) is 11.4 Å². The number of carbonyl (C=O) groups excluding carboxylic acids is 1. The van der Waals surface area contributed by atoms with Gasteiger partial charge in [-0.05, 0) is 81.3 Å². The molecule has 2 heterocycles. The van der Waals surface area contributed by atoms with Crippen molar-refractivity contribution in [2.24, 2.45) is 17.8 Å². The molecule has 1 aliphatic heterocycles. The average Bonchev–Trinajstić information content (AvgIpc) is 3.37. The molecule has 2 aromatic rings. The largest absolute Gasteiger partial charge is 0.356 e. The molecule has 5 nitrogen and oxygen atoms in total. The fourth-order valence-electron chi connectivity index (χ4n) is 7.07. The summed E-state index contributed by atoms with van der Waals surface area (Å²) in [7, 11) is 0. The first kappa shape index (κ1) is 17.5. The molecule has 1 aromatic heterocycles. The molecule has 5 aliphatic rings. The lowest BCUT2D eigenvalue weighted by Crippen LogP contribution is -2.59. The van der Waals surface area contributed by atoms with Gasteiger partial charge in [-0.1, -0.05) is 18.2 Å². The van der Waals surface area contributed by atoms with E-state index in [9.17, 15) is 4.79 Å². The molecule has 4 bridgehead atoms. The van der Waals surface area contributed by atoms with Gasteiger partial charge in [-0.25, -0.2) is 4.68 Å². The number of amides is 1. The number of aromatic nitrogens is 2. The van der Waals surface area contributed by atoms with Crippen molar-refractivity contribution in [1.82, 2.24) is 15.1 Å². The maximum Gasteiger partial charge on any atom is 0.257 e. The smallest absolute Gasteiger partial charge is 0.257 e. The third-order valence-electron chi connectivity index (χ3n) is 7.81. The van der Waals surface area contributed by atoms with Crippen LogP contribution < -0.4 is 10.2 Å². The van der Waals surface area contributed by atoms with E-state index in [0.717, 1.165) is 47.9 Å². The molecule has 0 unspecified atom stereocenters. The standard InChI is InChI=1S/C24H30N4O/c29-22(26-24-13-17-10-18(14-24)12-19(11-17)15-24)21-16-25-28(20-6-2-1-3-7-20)23(21)27-8-4-5-9-27/h1-3,6-7,16-19H,4-5,8-15H2,(H,26,29). The van der Waals surface area contributed by atoms with Crippen LogP contribution in [0.15, 0.2) is 36.5 Å². The molecule has 1 N–H and O–H groups in total. The fraction of sp³-hybridized carbons (Fsp3) is 0.583. The van der Waals surface area contributed by atoms with Crippen molar-refractivity contribution in [2.45, 2.75) is 56.9 Å². The van der Waals surface area contributed by atoms with Crippen LogP contribution in [0.25, 0.3) is 5.69 Å². The highest BCUT2D eigenvalue weighted by Gasteiger charge is 2.51. The number of para-hydroxylation sites is 1. The van der Waals surface area contributed by atoms with E-state index in [4.69, 9.17) is 0 Å². The minimum Gasteiger partial charge on any atom is -0.356 e. The Bertz CT molecular complexity index is 877. The molecule has 4 aliphatic carbocycles. The van der Waals surface area contributed by atoms with Gasteiger partial charge in [0.25, 0.3) is 5.91 Å². The normalized spacial score (nSPS) is 32.7. The van der Waals surface area contributed by atoms with Crippen molar-refractivity contribution < 1.29 is 4.79 Å². The molecule has 1 saturated heterocycles. The number of anilines is 1. The zero-order chi connectivity index (χ0) is 19.4. The molecule has 0 atom stereocenters. The molecule has 5 fully saturated rings. The summed E-state index contributed by atoms with van der Waals surface area (Å²) >= 11 is 0. The van der Waals surface area contributed by atoms with Crippen molar-refractivity contribution in [3.63, 3.8) is 0 Å². The van der Waals surface area contributed by atoms with E-state index in [1.807, 2.05) is 22.9 Å². The Morgan fingerprint density at radius 3 is 2.21 bits per heavy atom. The summed E-state index contributed by atoms with van der Waals surface area (Å²) in [4.78, 5) is 15.9. The van der Waals surface area contributed by atoms with Crippen molar-refractivity contribution in [2.75, 3.05) is 18.0 Å². The van der Waals surface area contributed by atoms with Crippen molar-refractivity contribution >= 4 is 11.7 Å². The highest BCUT2D eigenvalue weighted by atomic mass is 16.2. The summed E-state index contributed by atoms with van der Waals surface area (Å²) in [6.07, 6.45) is 11.8. The monoisotopic (exact) mass is 390 g/mol. The van der Waals surface area contributed by atoms with Crippen LogP contribution in [0.5, 0.6) is 0 Å². The van der Waals surface area contributed by atoms with Gasteiger partial charge in [-0.2, -0.15) is 5.10 Å². The molecular weight excluding hydrogens is 360 g/mol. The molecule has 152 valence electrons. The summed E-state index contributed by atoms with van der Waals surface area (Å²) in [6, 6.07) is 10.2. The highest BCUT2D eigenvalue weighted by Crippen LogP contribution is 2.55. The Balaban J connectivity index is 1.33. The van der Waals surface area contributed by atoms with Gasteiger partial charge in [0.2, 0.25) is 0 Å². The zero-order valence-electron chi connectivity index (χ0n) is 17.0. The lowest BCUT2D eigenvalue weighted by atomic mass is 9.53. The highest BCUT2D eigenvalue weighted by molar-refractivity contribution is 5.99. The molecule has 1 aromatic carbocycles. The van der Waals surface area contributed by atoms with Crippen LogP contribution in [0, 0.1) is 17.8 Å². The maximum absolute atomic E-state index is 13.6. The number of rotatable bonds is 4. The predicted molar refractivity (Wildman–Crippen MR) is 113 cm³/mol. The van der Waals surface area contributed by atoms with E-state index < -0.39 is 0 Å². The van der Waals surface area contributed by atoms with Gasteiger partial charge in [0.15, 0.2) is 0 Å². The first-order valence-corrected chi connectivity index (χ1v) is 11.4. The van der Waals surface area contributed by atoms with Crippen molar-refractivity contribution in [3.8, 4) is 5.69 Å². The van der Waals surface area contributed by atoms with Crippen LogP contribution in [-0.2, 0) is 0 Å². The van der Waals surface area contributed by atoms with E-state index in [0.29, 0.717) is 0 Å². The lowest BCUT2D eigenvalue weighted by molar-refractivity contribution is -0.0166. The molecule has 1 amide bonds. The van der Waals surface area contributed by atoms with Gasteiger partial charge < -0.3 is 10.2 Å². The van der Waals surface area contributed by atoms with Gasteiger partial charge in [0, 0.05) is 18.6 Å². The minimum absolute atomic E-state index is 0.0307. The number of nitrogens with zero attached hydrogens (tertiary/aromatic N) is 3. The number of carbonyl (C=O) groups is 1. The van der Waals surface area contributed by atoms with Crippen LogP contribution in [0.2, 0.25) is 0 Å². The van der Waals surface area contributed by atoms with Gasteiger partial charge in [0.05, 0.1) is 11.9 Å². The quantitative estimate of drug-likeness (QED) is 0.852. The SMILES string of the molecule is O=C(NC12CC3CC(CC(C3)C1)C2)c1cnn(-c2ccccc2)c1N1CCCC1. The first-order valence-electron chi connectivity index (χ1n) is 11.4. The van der Waals surface area contributed by atoms with Gasteiger partial charge in [0.1, 0.15) is 11.4 Å². The zero-order valence-corrected chi connectivity index (χ0v) is 17.0. The Labute approximate surface area is 172 Å².